The van der Waals surface area contributed by atoms with Gasteiger partial charge < -0.3 is 0 Å². The highest BCUT2D eigenvalue weighted by atomic mass is 13.8. The minimum Gasteiger partial charge on any atom is -0.106 e. The van der Waals surface area contributed by atoms with Crippen molar-refractivity contribution in [1.29, 1.82) is 0 Å². The molecule has 72 valence electrons. The summed E-state index contributed by atoms with van der Waals surface area (Å²) in [5, 5.41) is 0. The predicted octanol–water partition coefficient (Wildman–Crippen LogP) is 4.77. The minimum atomic E-state index is 0. The SMILES string of the molecule is C.C=C.C=C/C=C(/C)C=C.CC. The first-order valence-electron chi connectivity index (χ1n) is 3.73. The van der Waals surface area contributed by atoms with E-state index < -0.39 is 0 Å². The Bertz CT molecular complexity index is 107. The average Bonchev–Trinajstić information content (AvgIpc) is 2.12. The second-order valence-corrected chi connectivity index (χ2v) is 1.35. The van der Waals surface area contributed by atoms with E-state index in [9.17, 15) is 0 Å². The largest absolute Gasteiger partial charge is 0.106 e. The van der Waals surface area contributed by atoms with Gasteiger partial charge >= 0.3 is 0 Å². The van der Waals surface area contributed by atoms with Crippen molar-refractivity contribution in [3.8, 4) is 0 Å². The lowest BCUT2D eigenvalue weighted by molar-refractivity contribution is 1.50. The van der Waals surface area contributed by atoms with Gasteiger partial charge in [-0.25, -0.2) is 0 Å². The Hall–Kier alpha value is -1.04. The molecule has 0 saturated carbocycles. The quantitative estimate of drug-likeness (QED) is 0.411. The summed E-state index contributed by atoms with van der Waals surface area (Å²) in [6.07, 6.45) is 5.45. The number of hydrogen-bond acceptors (Lipinski definition) is 0. The molecule has 12 heavy (non-hydrogen) atoms. The van der Waals surface area contributed by atoms with Gasteiger partial charge in [-0.2, -0.15) is 0 Å². The third kappa shape index (κ3) is 36.2. The fraction of sp³-hybridized carbons (Fsp3) is 0.333. The fourth-order valence-electron chi connectivity index (χ4n) is 0.254. The van der Waals surface area contributed by atoms with E-state index in [2.05, 4.69) is 26.3 Å². The third-order valence-corrected chi connectivity index (χ3v) is 0.703. The summed E-state index contributed by atoms with van der Waals surface area (Å²) in [5.41, 5.74) is 1.15. The van der Waals surface area contributed by atoms with Gasteiger partial charge in [-0.15, -0.1) is 13.2 Å². The first-order chi connectivity index (χ1) is 5.31. The molecule has 0 atom stereocenters. The smallest absolute Gasteiger partial charge is 0.0398 e. The monoisotopic (exact) mass is 168 g/mol. The summed E-state index contributed by atoms with van der Waals surface area (Å²) >= 11 is 0. The molecule has 0 rings (SSSR count). The first-order valence-corrected chi connectivity index (χ1v) is 3.73. The molecule has 0 saturated heterocycles. The second-order valence-electron chi connectivity index (χ2n) is 1.35. The molecule has 0 heterocycles. The molecule has 0 heteroatoms. The van der Waals surface area contributed by atoms with Crippen LogP contribution in [-0.2, 0) is 0 Å². The molecule has 0 unspecified atom stereocenters. The van der Waals surface area contributed by atoms with Gasteiger partial charge in [0.25, 0.3) is 0 Å². The Morgan fingerprint density at radius 1 is 1.08 bits per heavy atom. The lowest BCUT2D eigenvalue weighted by Crippen LogP contribution is -1.58. The molecule has 0 radical (unpaired) electrons. The summed E-state index contributed by atoms with van der Waals surface area (Å²) < 4.78 is 0. The van der Waals surface area contributed by atoms with Crippen LogP contribution < -0.4 is 0 Å². The highest BCUT2D eigenvalue weighted by molar-refractivity contribution is 5.17. The zero-order valence-corrected chi connectivity index (χ0v) is 8.06. The maximum atomic E-state index is 3.56. The van der Waals surface area contributed by atoms with Gasteiger partial charge in [0.2, 0.25) is 0 Å². The van der Waals surface area contributed by atoms with Crippen LogP contribution in [0.5, 0.6) is 0 Å². The van der Waals surface area contributed by atoms with Crippen LogP contribution in [0.4, 0.5) is 0 Å². The standard InChI is InChI=1S/C7H10.C2H6.C2H4.CH4/c1-4-6-7(3)5-2;2*1-2;/h4-6H,1-2H2,3H3;1-2H3;1-2H2;1H4/b7-6-;;;. The Morgan fingerprint density at radius 2 is 1.42 bits per heavy atom. The van der Waals surface area contributed by atoms with Crippen molar-refractivity contribution in [2.24, 2.45) is 0 Å². The van der Waals surface area contributed by atoms with Gasteiger partial charge in [-0.1, -0.05) is 58.2 Å². The van der Waals surface area contributed by atoms with Crippen LogP contribution in [0.3, 0.4) is 0 Å². The van der Waals surface area contributed by atoms with Gasteiger partial charge in [0.1, 0.15) is 0 Å². The van der Waals surface area contributed by atoms with E-state index in [-0.39, 0.29) is 7.43 Å². The summed E-state index contributed by atoms with van der Waals surface area (Å²) in [6, 6.07) is 0. The van der Waals surface area contributed by atoms with Gasteiger partial charge in [-0.05, 0) is 6.92 Å². The van der Waals surface area contributed by atoms with Gasteiger partial charge in [-0.3, -0.25) is 0 Å². The normalized spacial score (nSPS) is 7.08. The number of hydrogen-bond donors (Lipinski definition) is 0. The zero-order chi connectivity index (χ0) is 9.70. The van der Waals surface area contributed by atoms with Crippen LogP contribution in [0, 0.1) is 0 Å². The fourth-order valence-corrected chi connectivity index (χ4v) is 0.254. The van der Waals surface area contributed by atoms with E-state index in [0.29, 0.717) is 0 Å². The van der Waals surface area contributed by atoms with Crippen LogP contribution in [-0.4, -0.2) is 0 Å². The van der Waals surface area contributed by atoms with E-state index in [1.54, 1.807) is 12.2 Å². The Kier molecular flexibility index (Phi) is 60.8. The van der Waals surface area contributed by atoms with Crippen LogP contribution in [0.2, 0.25) is 0 Å². The van der Waals surface area contributed by atoms with E-state index in [1.807, 2.05) is 26.8 Å². The van der Waals surface area contributed by atoms with Crippen LogP contribution in [0.1, 0.15) is 28.2 Å². The van der Waals surface area contributed by atoms with E-state index in [4.69, 9.17) is 0 Å². The molecular formula is C12H24. The van der Waals surface area contributed by atoms with Crippen molar-refractivity contribution < 1.29 is 0 Å². The molecule has 0 spiro atoms. The van der Waals surface area contributed by atoms with Crippen LogP contribution in [0.25, 0.3) is 0 Å². The van der Waals surface area contributed by atoms with E-state index in [1.165, 1.54) is 0 Å². The van der Waals surface area contributed by atoms with Gasteiger partial charge in [0.05, 0.1) is 0 Å². The molecule has 0 aromatic rings. The second kappa shape index (κ2) is 32.5. The summed E-state index contributed by atoms with van der Waals surface area (Å²) in [4.78, 5) is 0. The van der Waals surface area contributed by atoms with Crippen LogP contribution in [0.15, 0.2) is 50.1 Å². The lowest BCUT2D eigenvalue weighted by atomic mass is 10.3. The molecular weight excluding hydrogens is 144 g/mol. The molecule has 0 aromatic heterocycles. The zero-order valence-electron chi connectivity index (χ0n) is 8.06. The maximum absolute atomic E-state index is 3.56. The highest BCUT2D eigenvalue weighted by Gasteiger charge is 1.68. The molecule has 0 aliphatic carbocycles. The van der Waals surface area contributed by atoms with Crippen molar-refractivity contribution in [2.75, 3.05) is 0 Å². The Labute approximate surface area is 79.0 Å². The summed E-state index contributed by atoms with van der Waals surface area (Å²) in [7, 11) is 0. The van der Waals surface area contributed by atoms with Crippen molar-refractivity contribution >= 4 is 0 Å². The maximum Gasteiger partial charge on any atom is -0.0398 e. The lowest BCUT2D eigenvalue weighted by Gasteiger charge is -1.80. The van der Waals surface area contributed by atoms with Crippen molar-refractivity contribution in [3.05, 3.63) is 50.1 Å². The highest BCUT2D eigenvalue weighted by Crippen LogP contribution is 1.90. The van der Waals surface area contributed by atoms with Crippen molar-refractivity contribution in [1.82, 2.24) is 0 Å². The molecule has 0 amide bonds. The van der Waals surface area contributed by atoms with Crippen molar-refractivity contribution in [2.45, 2.75) is 28.2 Å². The number of allylic oxidation sites excluding steroid dienone is 4. The molecule has 0 aliphatic heterocycles. The molecule has 0 aromatic carbocycles. The molecule has 0 bridgehead atoms. The topological polar surface area (TPSA) is 0 Å². The van der Waals surface area contributed by atoms with Gasteiger partial charge in [0, 0.05) is 0 Å². The first kappa shape index (κ1) is 22.4. The average molecular weight is 168 g/mol. The molecule has 0 N–H and O–H groups in total. The van der Waals surface area contributed by atoms with E-state index >= 15 is 0 Å². The molecule has 0 fully saturated rings. The molecule has 0 nitrogen and oxygen atoms in total. The Balaban J connectivity index is -0.0000000560. The third-order valence-electron chi connectivity index (χ3n) is 0.703. The van der Waals surface area contributed by atoms with Crippen molar-refractivity contribution in [3.63, 3.8) is 0 Å². The minimum absolute atomic E-state index is 0. The number of rotatable bonds is 2. The van der Waals surface area contributed by atoms with Crippen LogP contribution >= 0.6 is 0 Å². The Morgan fingerprint density at radius 3 is 1.50 bits per heavy atom. The molecule has 0 aliphatic rings. The summed E-state index contributed by atoms with van der Waals surface area (Å²) in [6.45, 7) is 19.1. The summed E-state index contributed by atoms with van der Waals surface area (Å²) in [5.74, 6) is 0. The van der Waals surface area contributed by atoms with E-state index in [0.717, 1.165) is 5.57 Å². The van der Waals surface area contributed by atoms with Gasteiger partial charge in [0.15, 0.2) is 0 Å². The predicted molar refractivity (Wildman–Crippen MR) is 63.5 cm³/mol.